The summed E-state index contributed by atoms with van der Waals surface area (Å²) in [5, 5.41) is 6.27. The van der Waals surface area contributed by atoms with Gasteiger partial charge >= 0.3 is 0 Å². The highest BCUT2D eigenvalue weighted by molar-refractivity contribution is 7.09. The van der Waals surface area contributed by atoms with E-state index in [0.717, 1.165) is 5.01 Å². The summed E-state index contributed by atoms with van der Waals surface area (Å²) in [6.45, 7) is 4.05. The molecule has 0 aliphatic rings. The van der Waals surface area contributed by atoms with Gasteiger partial charge in [0.15, 0.2) is 0 Å². The molecule has 21 heavy (non-hydrogen) atoms. The van der Waals surface area contributed by atoms with Gasteiger partial charge < -0.3 is 16.0 Å². The van der Waals surface area contributed by atoms with Crippen molar-refractivity contribution in [3.63, 3.8) is 0 Å². The standard InChI is InChI=1S/C15H20N4OS/c1-15(2,14-17-7-8-21-14)18-12-9-10(16)5-6-11(12)13(20)19(3)4/h5-9,18H,16H2,1-4H3. The summed E-state index contributed by atoms with van der Waals surface area (Å²) in [7, 11) is 3.46. The Labute approximate surface area is 128 Å². The van der Waals surface area contributed by atoms with Crippen LogP contribution in [-0.4, -0.2) is 29.9 Å². The predicted molar refractivity (Wildman–Crippen MR) is 87.6 cm³/mol. The number of nitrogens with two attached hydrogens (primary N) is 1. The smallest absolute Gasteiger partial charge is 0.255 e. The first-order valence-corrected chi connectivity index (χ1v) is 7.48. The summed E-state index contributed by atoms with van der Waals surface area (Å²) in [5.41, 5.74) is 7.40. The van der Waals surface area contributed by atoms with Gasteiger partial charge in [0.05, 0.1) is 11.1 Å². The van der Waals surface area contributed by atoms with E-state index in [9.17, 15) is 4.79 Å². The molecule has 1 amide bonds. The van der Waals surface area contributed by atoms with Crippen LogP contribution in [0.25, 0.3) is 0 Å². The zero-order chi connectivity index (χ0) is 15.6. The van der Waals surface area contributed by atoms with E-state index in [4.69, 9.17) is 5.73 Å². The molecule has 0 saturated heterocycles. The Morgan fingerprint density at radius 1 is 1.38 bits per heavy atom. The lowest BCUT2D eigenvalue weighted by Gasteiger charge is -2.27. The first kappa shape index (κ1) is 15.3. The van der Waals surface area contributed by atoms with Crippen LogP contribution in [0.4, 0.5) is 11.4 Å². The van der Waals surface area contributed by atoms with Gasteiger partial charge in [0.2, 0.25) is 0 Å². The molecule has 0 radical (unpaired) electrons. The van der Waals surface area contributed by atoms with Gasteiger partial charge in [0, 0.05) is 37.0 Å². The lowest BCUT2D eigenvalue weighted by molar-refractivity contribution is 0.0828. The molecule has 0 atom stereocenters. The molecule has 0 aliphatic carbocycles. The molecule has 0 fully saturated rings. The Morgan fingerprint density at radius 3 is 2.67 bits per heavy atom. The van der Waals surface area contributed by atoms with Crippen LogP contribution in [0.15, 0.2) is 29.8 Å². The van der Waals surface area contributed by atoms with Crippen molar-refractivity contribution >= 4 is 28.6 Å². The van der Waals surface area contributed by atoms with Crippen molar-refractivity contribution in [3.8, 4) is 0 Å². The SMILES string of the molecule is CN(C)C(=O)c1ccc(N)cc1NC(C)(C)c1nccs1. The monoisotopic (exact) mass is 304 g/mol. The van der Waals surface area contributed by atoms with Crippen molar-refractivity contribution in [2.75, 3.05) is 25.1 Å². The molecule has 2 rings (SSSR count). The van der Waals surface area contributed by atoms with Crippen LogP contribution >= 0.6 is 11.3 Å². The van der Waals surface area contributed by atoms with Crippen LogP contribution in [0.1, 0.15) is 29.2 Å². The van der Waals surface area contributed by atoms with Crippen molar-refractivity contribution in [2.24, 2.45) is 0 Å². The molecule has 112 valence electrons. The van der Waals surface area contributed by atoms with Gasteiger partial charge in [-0.05, 0) is 32.0 Å². The number of carbonyl (C=O) groups excluding carboxylic acids is 1. The van der Waals surface area contributed by atoms with Gasteiger partial charge in [-0.25, -0.2) is 4.98 Å². The van der Waals surface area contributed by atoms with Crippen molar-refractivity contribution in [1.82, 2.24) is 9.88 Å². The van der Waals surface area contributed by atoms with E-state index < -0.39 is 0 Å². The van der Waals surface area contributed by atoms with Gasteiger partial charge in [0.25, 0.3) is 5.91 Å². The Kier molecular flexibility index (Phi) is 4.18. The average Bonchev–Trinajstić information content (AvgIpc) is 2.92. The Bertz CT molecular complexity index is 635. The van der Waals surface area contributed by atoms with Crippen LogP contribution in [0, 0.1) is 0 Å². The number of benzene rings is 1. The number of hydrogen-bond acceptors (Lipinski definition) is 5. The molecule has 0 aliphatic heterocycles. The second kappa shape index (κ2) is 5.73. The summed E-state index contributed by atoms with van der Waals surface area (Å²) in [6, 6.07) is 5.27. The van der Waals surface area contributed by atoms with Gasteiger partial charge in [-0.2, -0.15) is 0 Å². The van der Waals surface area contributed by atoms with Crippen molar-refractivity contribution in [2.45, 2.75) is 19.4 Å². The Morgan fingerprint density at radius 2 is 2.10 bits per heavy atom. The van der Waals surface area contributed by atoms with Gasteiger partial charge in [-0.1, -0.05) is 0 Å². The number of thiazole rings is 1. The molecule has 0 saturated carbocycles. The van der Waals surface area contributed by atoms with E-state index in [2.05, 4.69) is 10.3 Å². The molecular weight excluding hydrogens is 284 g/mol. The maximum Gasteiger partial charge on any atom is 0.255 e. The first-order chi connectivity index (χ1) is 9.81. The molecule has 6 heteroatoms. The van der Waals surface area contributed by atoms with Crippen molar-refractivity contribution < 1.29 is 4.79 Å². The van der Waals surface area contributed by atoms with E-state index in [1.807, 2.05) is 19.2 Å². The highest BCUT2D eigenvalue weighted by Crippen LogP contribution is 2.30. The van der Waals surface area contributed by atoms with Gasteiger partial charge in [0.1, 0.15) is 5.01 Å². The third kappa shape index (κ3) is 3.33. The van der Waals surface area contributed by atoms with Gasteiger partial charge in [-0.3, -0.25) is 4.79 Å². The van der Waals surface area contributed by atoms with Crippen LogP contribution in [0.5, 0.6) is 0 Å². The summed E-state index contributed by atoms with van der Waals surface area (Å²) in [6.07, 6.45) is 1.77. The second-order valence-electron chi connectivity index (χ2n) is 5.59. The molecule has 0 unspecified atom stereocenters. The van der Waals surface area contributed by atoms with E-state index in [0.29, 0.717) is 16.9 Å². The first-order valence-electron chi connectivity index (χ1n) is 6.60. The lowest BCUT2D eigenvalue weighted by atomic mass is 10.0. The predicted octanol–water partition coefficient (Wildman–Crippen LogP) is 2.77. The van der Waals surface area contributed by atoms with Crippen molar-refractivity contribution in [3.05, 3.63) is 40.3 Å². The second-order valence-corrected chi connectivity index (χ2v) is 6.49. The normalized spacial score (nSPS) is 11.2. The Hall–Kier alpha value is -2.08. The molecule has 2 aromatic rings. The van der Waals surface area contributed by atoms with E-state index in [1.54, 1.807) is 54.7 Å². The molecule has 1 heterocycles. The van der Waals surface area contributed by atoms with E-state index in [-0.39, 0.29) is 11.4 Å². The zero-order valence-electron chi connectivity index (χ0n) is 12.7. The fraction of sp³-hybridized carbons (Fsp3) is 0.333. The molecule has 0 spiro atoms. The topological polar surface area (TPSA) is 71.2 Å². The van der Waals surface area contributed by atoms with Gasteiger partial charge in [-0.15, -0.1) is 11.3 Å². The third-order valence-corrected chi connectivity index (χ3v) is 4.19. The molecule has 1 aromatic heterocycles. The maximum atomic E-state index is 12.3. The Balaban J connectivity index is 2.39. The molecular formula is C15H20N4OS. The average molecular weight is 304 g/mol. The largest absolute Gasteiger partial charge is 0.399 e. The molecule has 5 nitrogen and oxygen atoms in total. The highest BCUT2D eigenvalue weighted by atomic mass is 32.1. The molecule has 1 aromatic carbocycles. The van der Waals surface area contributed by atoms with E-state index >= 15 is 0 Å². The highest BCUT2D eigenvalue weighted by Gasteiger charge is 2.25. The number of nitrogens with zero attached hydrogens (tertiary/aromatic N) is 2. The number of carbonyl (C=O) groups is 1. The number of amides is 1. The maximum absolute atomic E-state index is 12.3. The molecule has 3 N–H and O–H groups in total. The number of aromatic nitrogens is 1. The summed E-state index contributed by atoms with van der Waals surface area (Å²) >= 11 is 1.57. The fourth-order valence-corrected chi connectivity index (χ4v) is 2.73. The minimum Gasteiger partial charge on any atom is -0.399 e. The zero-order valence-corrected chi connectivity index (χ0v) is 13.5. The number of nitrogens with one attached hydrogen (secondary N) is 1. The number of anilines is 2. The number of hydrogen-bond donors (Lipinski definition) is 2. The van der Waals surface area contributed by atoms with E-state index in [1.165, 1.54) is 0 Å². The summed E-state index contributed by atoms with van der Waals surface area (Å²) in [4.78, 5) is 18.2. The van der Waals surface area contributed by atoms with Crippen LogP contribution in [-0.2, 0) is 5.54 Å². The van der Waals surface area contributed by atoms with Crippen molar-refractivity contribution in [1.29, 1.82) is 0 Å². The summed E-state index contributed by atoms with van der Waals surface area (Å²) in [5.74, 6) is -0.0626. The minimum atomic E-state index is -0.386. The number of nitrogen functional groups attached to an aromatic ring is 1. The lowest BCUT2D eigenvalue weighted by Crippen LogP contribution is -2.30. The van der Waals surface area contributed by atoms with Crippen LogP contribution in [0.3, 0.4) is 0 Å². The fourth-order valence-electron chi connectivity index (χ4n) is 2.01. The molecule has 0 bridgehead atoms. The quantitative estimate of drug-likeness (QED) is 0.852. The minimum absolute atomic E-state index is 0.0626. The van der Waals surface area contributed by atoms with Crippen LogP contribution in [0.2, 0.25) is 0 Å². The van der Waals surface area contributed by atoms with Crippen LogP contribution < -0.4 is 11.1 Å². The summed E-state index contributed by atoms with van der Waals surface area (Å²) < 4.78 is 0. The third-order valence-electron chi connectivity index (χ3n) is 3.09. The number of rotatable bonds is 4.